The first-order valence-corrected chi connectivity index (χ1v) is 12.3. The molecule has 2 aromatic carbocycles. The highest BCUT2D eigenvalue weighted by Crippen LogP contribution is 2.43. The first kappa shape index (κ1) is 24.6. The van der Waals surface area contributed by atoms with Gasteiger partial charge in [0, 0.05) is 18.0 Å². The Morgan fingerprint density at radius 2 is 1.80 bits per heavy atom. The number of rotatable bonds is 8. The molecule has 0 spiro atoms. The van der Waals surface area contributed by atoms with Crippen molar-refractivity contribution in [1.29, 1.82) is 0 Å². The molecule has 0 atom stereocenters. The maximum Gasteiger partial charge on any atom is 0.328 e. The van der Waals surface area contributed by atoms with Gasteiger partial charge >= 0.3 is 5.69 Å². The lowest BCUT2D eigenvalue weighted by atomic mass is 9.68. The average Bonchev–Trinajstić information content (AvgIpc) is 3.15. The van der Waals surface area contributed by atoms with Gasteiger partial charge in [0.25, 0.3) is 5.91 Å². The zero-order chi connectivity index (χ0) is 25.0. The number of aromatic hydroxyl groups is 1. The summed E-state index contributed by atoms with van der Waals surface area (Å²) in [6, 6.07) is 17.4. The van der Waals surface area contributed by atoms with Gasteiger partial charge in [-0.1, -0.05) is 56.3 Å². The van der Waals surface area contributed by atoms with E-state index in [-0.39, 0.29) is 28.9 Å². The van der Waals surface area contributed by atoms with Crippen LogP contribution >= 0.6 is 0 Å². The number of nitrogens with zero attached hydrogens (tertiary/aromatic N) is 1. The minimum absolute atomic E-state index is 0.0605. The molecule has 3 N–H and O–H groups in total. The van der Waals surface area contributed by atoms with E-state index in [0.717, 1.165) is 25.7 Å². The van der Waals surface area contributed by atoms with Crippen LogP contribution in [0.5, 0.6) is 11.6 Å². The van der Waals surface area contributed by atoms with E-state index in [4.69, 9.17) is 4.74 Å². The van der Waals surface area contributed by atoms with Gasteiger partial charge in [-0.25, -0.2) is 4.79 Å². The lowest BCUT2D eigenvalue weighted by molar-refractivity contribution is 0.0929. The summed E-state index contributed by atoms with van der Waals surface area (Å²) in [5.41, 5.74) is 1.78. The third-order valence-electron chi connectivity index (χ3n) is 7.19. The average molecular weight is 478 g/mol. The Balaban J connectivity index is 1.54. The molecule has 3 aromatic rings. The predicted molar refractivity (Wildman–Crippen MR) is 136 cm³/mol. The van der Waals surface area contributed by atoms with Crippen LogP contribution < -0.4 is 15.7 Å². The number of hydrogen-bond donors (Lipinski definition) is 3. The van der Waals surface area contributed by atoms with Crippen molar-refractivity contribution in [3.63, 3.8) is 0 Å². The first-order valence-electron chi connectivity index (χ1n) is 12.3. The Morgan fingerprint density at radius 1 is 1.14 bits per heavy atom. The van der Waals surface area contributed by atoms with Gasteiger partial charge in [0.1, 0.15) is 5.75 Å². The Bertz CT molecular complexity index is 1200. The highest BCUT2D eigenvalue weighted by atomic mass is 16.5. The fourth-order valence-corrected chi connectivity index (χ4v) is 5.33. The molecule has 1 aliphatic rings. The summed E-state index contributed by atoms with van der Waals surface area (Å²) >= 11 is 0. The van der Waals surface area contributed by atoms with Gasteiger partial charge in [-0.15, -0.1) is 0 Å². The quantitative estimate of drug-likeness (QED) is 0.443. The molecule has 1 aromatic heterocycles. The number of hydrogen-bond acceptors (Lipinski definition) is 4. The molecule has 1 heterocycles. The van der Waals surface area contributed by atoms with E-state index in [1.165, 1.54) is 10.1 Å². The summed E-state index contributed by atoms with van der Waals surface area (Å²) in [7, 11) is 1.56. The molecule has 1 saturated carbocycles. The van der Waals surface area contributed by atoms with Gasteiger partial charge in [0.2, 0.25) is 5.88 Å². The number of aromatic amines is 1. The van der Waals surface area contributed by atoms with Crippen molar-refractivity contribution >= 4 is 5.91 Å². The van der Waals surface area contributed by atoms with Crippen molar-refractivity contribution in [1.82, 2.24) is 14.9 Å². The monoisotopic (exact) mass is 477 g/mol. The summed E-state index contributed by atoms with van der Waals surface area (Å²) in [5, 5.41) is 13.9. The Kier molecular flexibility index (Phi) is 7.34. The Hall–Kier alpha value is -3.48. The van der Waals surface area contributed by atoms with Crippen LogP contribution in [0.15, 0.2) is 59.4 Å². The number of carbonyl (C=O) groups is 1. The predicted octanol–water partition coefficient (Wildman–Crippen LogP) is 4.57. The molecule has 0 radical (unpaired) electrons. The van der Waals surface area contributed by atoms with Crippen LogP contribution in [-0.4, -0.2) is 34.2 Å². The van der Waals surface area contributed by atoms with Gasteiger partial charge in [-0.2, -0.15) is 0 Å². The van der Waals surface area contributed by atoms with Gasteiger partial charge in [0.15, 0.2) is 0 Å². The van der Waals surface area contributed by atoms with Crippen molar-refractivity contribution < 1.29 is 14.6 Å². The molecule has 0 saturated heterocycles. The van der Waals surface area contributed by atoms with E-state index >= 15 is 0 Å². The van der Waals surface area contributed by atoms with Crippen LogP contribution in [0.2, 0.25) is 0 Å². The molecule has 1 amide bonds. The number of nitrogens with one attached hydrogen (secondary N) is 2. The number of ether oxygens (including phenoxy) is 1. The van der Waals surface area contributed by atoms with Crippen LogP contribution in [-0.2, 0) is 11.8 Å². The number of benzene rings is 2. The van der Waals surface area contributed by atoms with E-state index in [1.807, 2.05) is 30.3 Å². The zero-order valence-corrected chi connectivity index (χ0v) is 20.7. The smallest absolute Gasteiger partial charge is 0.328 e. The van der Waals surface area contributed by atoms with Crippen molar-refractivity contribution in [2.24, 2.45) is 5.92 Å². The number of aromatic nitrogens is 2. The molecule has 0 unspecified atom stereocenters. The van der Waals surface area contributed by atoms with Crippen LogP contribution in [0.4, 0.5) is 0 Å². The maximum absolute atomic E-state index is 13.0. The van der Waals surface area contributed by atoms with Crippen LogP contribution in [0, 0.1) is 5.92 Å². The maximum atomic E-state index is 13.0. The lowest BCUT2D eigenvalue weighted by Crippen LogP contribution is -2.44. The Labute approximate surface area is 206 Å². The summed E-state index contributed by atoms with van der Waals surface area (Å²) < 4.78 is 6.89. The normalized spacial score (nSPS) is 20.1. The SMILES string of the molecule is COc1ccccc1C(=O)NCC1(c2ccccc2)CCC(n2c(O)c(CC(C)C)[nH]c2=O)CC1. The number of amides is 1. The molecule has 1 fully saturated rings. The van der Waals surface area contributed by atoms with E-state index in [2.05, 4.69) is 36.3 Å². The van der Waals surface area contributed by atoms with Crippen molar-refractivity contribution in [3.05, 3.63) is 81.9 Å². The van der Waals surface area contributed by atoms with E-state index in [1.54, 1.807) is 19.2 Å². The fourth-order valence-electron chi connectivity index (χ4n) is 5.33. The lowest BCUT2D eigenvalue weighted by Gasteiger charge is -2.41. The fraction of sp³-hybridized carbons (Fsp3) is 0.429. The third kappa shape index (κ3) is 5.14. The van der Waals surface area contributed by atoms with Crippen molar-refractivity contribution in [2.45, 2.75) is 57.4 Å². The standard InChI is InChI=1S/C28H35N3O4/c1-19(2)17-23-26(33)31(27(34)30-23)21-13-15-28(16-14-21,20-9-5-4-6-10-20)18-29-25(32)22-11-7-8-12-24(22)35-3/h4-12,19,21,33H,13-18H2,1-3H3,(H,29,32)(H,30,34). The number of imidazole rings is 1. The van der Waals surface area contributed by atoms with Gasteiger partial charge < -0.3 is 20.1 Å². The van der Waals surface area contributed by atoms with E-state index < -0.39 is 0 Å². The molecule has 186 valence electrons. The first-order chi connectivity index (χ1) is 16.8. The third-order valence-corrected chi connectivity index (χ3v) is 7.19. The second kappa shape index (κ2) is 10.4. The number of para-hydroxylation sites is 1. The Morgan fingerprint density at radius 3 is 2.46 bits per heavy atom. The number of H-pyrrole nitrogens is 1. The van der Waals surface area contributed by atoms with Crippen LogP contribution in [0.25, 0.3) is 0 Å². The highest BCUT2D eigenvalue weighted by Gasteiger charge is 2.39. The second-order valence-corrected chi connectivity index (χ2v) is 9.96. The van der Waals surface area contributed by atoms with Gasteiger partial charge in [0.05, 0.1) is 18.4 Å². The summed E-state index contributed by atoms with van der Waals surface area (Å²) in [5.74, 6) is 0.765. The van der Waals surface area contributed by atoms with Crippen molar-refractivity contribution in [3.8, 4) is 11.6 Å². The highest BCUT2D eigenvalue weighted by molar-refractivity contribution is 5.96. The van der Waals surface area contributed by atoms with Gasteiger partial charge in [-0.3, -0.25) is 9.36 Å². The van der Waals surface area contributed by atoms with E-state index in [0.29, 0.717) is 35.9 Å². The second-order valence-electron chi connectivity index (χ2n) is 9.96. The molecule has 4 rings (SSSR count). The molecule has 35 heavy (non-hydrogen) atoms. The zero-order valence-electron chi connectivity index (χ0n) is 20.7. The van der Waals surface area contributed by atoms with E-state index in [9.17, 15) is 14.7 Å². The number of carbonyl (C=O) groups excluding carboxylic acids is 1. The molecule has 7 heteroatoms. The minimum atomic E-state index is -0.258. The van der Waals surface area contributed by atoms with Crippen LogP contribution in [0.3, 0.4) is 0 Å². The van der Waals surface area contributed by atoms with Crippen molar-refractivity contribution in [2.75, 3.05) is 13.7 Å². The molecular weight excluding hydrogens is 442 g/mol. The summed E-state index contributed by atoms with van der Waals surface area (Å²) in [4.78, 5) is 28.6. The largest absolute Gasteiger partial charge is 0.496 e. The molecular formula is C28H35N3O4. The summed E-state index contributed by atoms with van der Waals surface area (Å²) in [6.45, 7) is 4.60. The molecule has 1 aliphatic carbocycles. The minimum Gasteiger partial charge on any atom is -0.496 e. The summed E-state index contributed by atoms with van der Waals surface area (Å²) in [6.07, 6.45) is 3.65. The van der Waals surface area contributed by atoms with Gasteiger partial charge in [-0.05, 0) is 55.7 Å². The molecule has 0 bridgehead atoms. The van der Waals surface area contributed by atoms with Crippen LogP contribution in [0.1, 0.15) is 67.2 Å². The molecule has 7 nitrogen and oxygen atoms in total. The number of methoxy groups -OCH3 is 1. The topological polar surface area (TPSA) is 96.3 Å². The molecule has 0 aliphatic heterocycles.